The van der Waals surface area contributed by atoms with Crippen LogP contribution in [-0.2, 0) is 0 Å². The predicted octanol–water partition coefficient (Wildman–Crippen LogP) is 14.4. The number of benzene rings is 9. The van der Waals surface area contributed by atoms with Crippen LogP contribution in [0.4, 0.5) is 0 Å². The second-order valence-corrected chi connectivity index (χ2v) is 15.6. The van der Waals surface area contributed by atoms with Crippen molar-refractivity contribution in [3.05, 3.63) is 224 Å². The number of hydrogen-bond donors (Lipinski definition) is 0. The van der Waals surface area contributed by atoms with Gasteiger partial charge in [-0.25, -0.2) is 15.0 Å². The van der Waals surface area contributed by atoms with Crippen molar-refractivity contribution < 1.29 is 0 Å². The molecule has 12 aromatic rings. The maximum Gasteiger partial charge on any atom is 0.164 e. The number of rotatable bonds is 7. The van der Waals surface area contributed by atoms with E-state index in [4.69, 9.17) is 15.0 Å². The van der Waals surface area contributed by atoms with Crippen LogP contribution in [-0.4, -0.2) is 24.1 Å². The van der Waals surface area contributed by atoms with Crippen LogP contribution in [0.15, 0.2) is 224 Å². The Morgan fingerprint density at radius 1 is 0.290 bits per heavy atom. The molecule has 0 radical (unpaired) electrons. The van der Waals surface area contributed by atoms with E-state index in [2.05, 4.69) is 173 Å². The van der Waals surface area contributed by atoms with Crippen molar-refractivity contribution >= 4 is 43.6 Å². The maximum atomic E-state index is 5.08. The Hall–Kier alpha value is -8.41. The van der Waals surface area contributed by atoms with E-state index in [1.165, 1.54) is 49.3 Å². The van der Waals surface area contributed by atoms with Gasteiger partial charge in [-0.2, -0.15) is 0 Å². The summed E-state index contributed by atoms with van der Waals surface area (Å²) in [7, 11) is 0. The van der Waals surface area contributed by atoms with Gasteiger partial charge in [-0.05, 0) is 53.1 Å². The average Bonchev–Trinajstić information content (AvgIpc) is 3.88. The van der Waals surface area contributed by atoms with Crippen LogP contribution in [0.3, 0.4) is 0 Å². The van der Waals surface area contributed by atoms with E-state index in [0.717, 1.165) is 44.6 Å². The van der Waals surface area contributed by atoms with Gasteiger partial charge in [-0.1, -0.05) is 188 Å². The SMILES string of the molecule is c1ccc(-c2ccc(-c3ccccc3)c(-n3c4ccccc4c4ccc5c(c6ccccc6n5-c5cccc(-c6nc(-c7ccccc7)nc(-c7ccccc7)n6)c5)c43)c2)cc1. The lowest BCUT2D eigenvalue weighted by Crippen LogP contribution is -2.01. The third-order valence-electron chi connectivity index (χ3n) is 12.0. The Kier molecular flexibility index (Phi) is 8.42. The summed E-state index contributed by atoms with van der Waals surface area (Å²) in [6.07, 6.45) is 0. The summed E-state index contributed by atoms with van der Waals surface area (Å²) in [5.41, 5.74) is 14.2. The molecule has 0 unspecified atom stereocenters. The summed E-state index contributed by atoms with van der Waals surface area (Å²) in [4.78, 5) is 15.1. The highest BCUT2D eigenvalue weighted by Gasteiger charge is 2.23. The molecule has 0 saturated carbocycles. The first-order valence-corrected chi connectivity index (χ1v) is 21.0. The molecule has 0 atom stereocenters. The zero-order chi connectivity index (χ0) is 41.0. The van der Waals surface area contributed by atoms with Crippen molar-refractivity contribution in [1.82, 2.24) is 24.1 Å². The highest BCUT2D eigenvalue weighted by atomic mass is 15.0. The number of hydrogen-bond acceptors (Lipinski definition) is 3. The van der Waals surface area contributed by atoms with Crippen LogP contribution in [0.25, 0.3) is 111 Å². The molecule has 3 heterocycles. The maximum absolute atomic E-state index is 5.08. The van der Waals surface area contributed by atoms with Crippen molar-refractivity contribution in [2.45, 2.75) is 0 Å². The van der Waals surface area contributed by atoms with Gasteiger partial charge >= 0.3 is 0 Å². The van der Waals surface area contributed by atoms with Crippen molar-refractivity contribution in [2.75, 3.05) is 0 Å². The van der Waals surface area contributed by atoms with Crippen molar-refractivity contribution in [1.29, 1.82) is 0 Å². The fraction of sp³-hybridized carbons (Fsp3) is 0. The summed E-state index contributed by atoms with van der Waals surface area (Å²) in [5.74, 6) is 1.89. The van der Waals surface area contributed by atoms with E-state index in [1.54, 1.807) is 0 Å². The number of aromatic nitrogens is 5. The lowest BCUT2D eigenvalue weighted by molar-refractivity contribution is 1.07. The van der Waals surface area contributed by atoms with Crippen LogP contribution in [0.2, 0.25) is 0 Å². The monoisotopic (exact) mass is 791 g/mol. The molecular weight excluding hydrogens is 755 g/mol. The first-order valence-electron chi connectivity index (χ1n) is 21.0. The highest BCUT2D eigenvalue weighted by molar-refractivity contribution is 6.26. The molecule has 62 heavy (non-hydrogen) atoms. The average molecular weight is 792 g/mol. The van der Waals surface area contributed by atoms with Crippen LogP contribution in [0.5, 0.6) is 0 Å². The molecule has 0 aliphatic heterocycles. The van der Waals surface area contributed by atoms with Gasteiger partial charge in [-0.3, -0.25) is 0 Å². The van der Waals surface area contributed by atoms with E-state index in [-0.39, 0.29) is 0 Å². The molecule has 0 fully saturated rings. The molecule has 5 nitrogen and oxygen atoms in total. The molecule has 290 valence electrons. The van der Waals surface area contributed by atoms with E-state index >= 15 is 0 Å². The summed E-state index contributed by atoms with van der Waals surface area (Å²) in [5, 5.41) is 4.80. The number of fused-ring (bicyclic) bond motifs is 7. The van der Waals surface area contributed by atoms with Gasteiger partial charge < -0.3 is 9.13 Å². The minimum atomic E-state index is 0.620. The van der Waals surface area contributed by atoms with E-state index in [0.29, 0.717) is 17.5 Å². The number of para-hydroxylation sites is 2. The van der Waals surface area contributed by atoms with Crippen molar-refractivity contribution in [3.63, 3.8) is 0 Å². The largest absolute Gasteiger partial charge is 0.309 e. The molecule has 0 N–H and O–H groups in total. The third kappa shape index (κ3) is 5.90. The summed E-state index contributed by atoms with van der Waals surface area (Å²) in [6, 6.07) is 79.4. The molecule has 12 rings (SSSR count). The minimum absolute atomic E-state index is 0.620. The number of nitrogens with zero attached hydrogens (tertiary/aromatic N) is 5. The first kappa shape index (κ1) is 35.5. The highest BCUT2D eigenvalue weighted by Crippen LogP contribution is 2.44. The summed E-state index contributed by atoms with van der Waals surface area (Å²) < 4.78 is 4.90. The minimum Gasteiger partial charge on any atom is -0.309 e. The topological polar surface area (TPSA) is 48.5 Å². The van der Waals surface area contributed by atoms with Crippen molar-refractivity contribution in [2.24, 2.45) is 0 Å². The quantitative estimate of drug-likeness (QED) is 0.162. The fourth-order valence-electron chi connectivity index (χ4n) is 9.15. The van der Waals surface area contributed by atoms with Crippen LogP contribution >= 0.6 is 0 Å². The zero-order valence-electron chi connectivity index (χ0n) is 33.6. The summed E-state index contributed by atoms with van der Waals surface area (Å²) in [6.45, 7) is 0. The molecule has 0 aliphatic rings. The van der Waals surface area contributed by atoms with E-state index in [1.807, 2.05) is 60.7 Å². The first-order chi connectivity index (χ1) is 30.8. The Morgan fingerprint density at radius 3 is 1.45 bits per heavy atom. The van der Waals surface area contributed by atoms with Crippen LogP contribution < -0.4 is 0 Å². The lowest BCUT2D eigenvalue weighted by Gasteiger charge is -2.17. The van der Waals surface area contributed by atoms with Gasteiger partial charge in [0.25, 0.3) is 0 Å². The van der Waals surface area contributed by atoms with Gasteiger partial charge in [0.2, 0.25) is 0 Å². The molecule has 0 bridgehead atoms. The molecule has 0 amide bonds. The molecule has 3 aromatic heterocycles. The Balaban J connectivity index is 1.12. The van der Waals surface area contributed by atoms with Gasteiger partial charge in [0.1, 0.15) is 0 Å². The second kappa shape index (κ2) is 14.7. The second-order valence-electron chi connectivity index (χ2n) is 15.6. The van der Waals surface area contributed by atoms with Gasteiger partial charge in [0, 0.05) is 49.5 Å². The van der Waals surface area contributed by atoms with Gasteiger partial charge in [-0.15, -0.1) is 0 Å². The van der Waals surface area contributed by atoms with E-state index in [9.17, 15) is 0 Å². The summed E-state index contributed by atoms with van der Waals surface area (Å²) >= 11 is 0. The Morgan fingerprint density at radius 2 is 0.806 bits per heavy atom. The fourth-order valence-corrected chi connectivity index (χ4v) is 9.15. The third-order valence-corrected chi connectivity index (χ3v) is 12.0. The van der Waals surface area contributed by atoms with E-state index < -0.39 is 0 Å². The molecule has 5 heteroatoms. The normalized spacial score (nSPS) is 11.5. The molecular formula is C57H37N5. The molecule has 9 aromatic carbocycles. The van der Waals surface area contributed by atoms with Crippen molar-refractivity contribution in [3.8, 4) is 67.8 Å². The predicted molar refractivity (Wildman–Crippen MR) is 256 cm³/mol. The van der Waals surface area contributed by atoms with Crippen LogP contribution in [0, 0.1) is 0 Å². The Labute approximate surface area is 358 Å². The lowest BCUT2D eigenvalue weighted by atomic mass is 9.97. The molecule has 0 aliphatic carbocycles. The van der Waals surface area contributed by atoms with Gasteiger partial charge in [0.15, 0.2) is 17.5 Å². The Bertz CT molecular complexity index is 3550. The molecule has 0 spiro atoms. The van der Waals surface area contributed by atoms with Gasteiger partial charge in [0.05, 0.1) is 27.8 Å². The smallest absolute Gasteiger partial charge is 0.164 e. The van der Waals surface area contributed by atoms with Crippen LogP contribution in [0.1, 0.15) is 0 Å². The zero-order valence-corrected chi connectivity index (χ0v) is 33.6. The molecule has 0 saturated heterocycles. The standard InChI is InChI=1S/C57H37N5/c1-5-18-38(19-6-1)42-32-33-45(39-20-7-2-8-21-39)52(37-42)62-49-30-15-13-28-46(49)47-34-35-51-53(54(47)62)48-29-14-16-31-50(48)61(51)44-27-17-26-43(36-44)57-59-55(40-22-9-3-10-23-40)58-56(60-57)41-24-11-4-12-25-41/h1-37H.